The molecule has 1 aliphatic rings. The van der Waals surface area contributed by atoms with Gasteiger partial charge in [0.1, 0.15) is 11.3 Å². The highest BCUT2D eigenvalue weighted by Gasteiger charge is 2.34. The molecule has 0 bridgehead atoms. The number of carbonyl (C=O) groups is 1. The summed E-state index contributed by atoms with van der Waals surface area (Å²) in [6.45, 7) is 2.99. The Morgan fingerprint density at radius 1 is 1.24 bits per heavy atom. The van der Waals surface area contributed by atoms with Gasteiger partial charge in [-0.3, -0.25) is 9.78 Å². The molecule has 1 amide bonds. The molecule has 0 unspecified atom stereocenters. The minimum Gasteiger partial charge on any atom is -0.505 e. The third-order valence-corrected chi connectivity index (χ3v) is 5.17. The molecule has 0 radical (unpaired) electrons. The number of benzene rings is 2. The van der Waals surface area contributed by atoms with E-state index in [-0.39, 0.29) is 36.2 Å². The number of hydrogen-bond acceptors (Lipinski definition) is 5. The van der Waals surface area contributed by atoms with Crippen LogP contribution in [0.15, 0.2) is 36.5 Å². The van der Waals surface area contributed by atoms with Gasteiger partial charge in [-0.15, -0.1) is 0 Å². The van der Waals surface area contributed by atoms with Gasteiger partial charge in [-0.05, 0) is 42.7 Å². The average Bonchev–Trinajstić information content (AvgIpc) is 3.04. The largest absolute Gasteiger partial charge is 0.505 e. The van der Waals surface area contributed by atoms with Crippen molar-refractivity contribution in [3.63, 3.8) is 0 Å². The Hall–Kier alpha value is -3.19. The molecule has 0 aliphatic carbocycles. The lowest BCUT2D eigenvalue weighted by molar-refractivity contribution is 0.0744. The summed E-state index contributed by atoms with van der Waals surface area (Å²) in [7, 11) is 0. The fraction of sp³-hybridized carbons (Fsp3) is 0.273. The zero-order valence-corrected chi connectivity index (χ0v) is 16.1. The third kappa shape index (κ3) is 3.38. The topological polar surface area (TPSA) is 85.7 Å². The fourth-order valence-corrected chi connectivity index (χ4v) is 3.86. The van der Waals surface area contributed by atoms with Crippen molar-refractivity contribution < 1.29 is 19.4 Å². The summed E-state index contributed by atoms with van der Waals surface area (Å²) in [6.07, 6.45) is 2.24. The molecule has 29 heavy (non-hydrogen) atoms. The van der Waals surface area contributed by atoms with Gasteiger partial charge in [-0.1, -0.05) is 12.1 Å². The first-order valence-corrected chi connectivity index (χ1v) is 9.58. The Balaban J connectivity index is 1.83. The number of aliphatic hydroxyl groups is 1. The van der Waals surface area contributed by atoms with Gasteiger partial charge in [0.25, 0.3) is 5.91 Å². The molecular weight excluding hydrogens is 373 g/mol. The lowest BCUT2D eigenvalue weighted by atomic mass is 9.98. The molecule has 150 valence electrons. The van der Waals surface area contributed by atoms with Crippen molar-refractivity contribution in [1.29, 1.82) is 0 Å². The number of phenols is 1. The molecule has 0 fully saturated rings. The first-order chi connectivity index (χ1) is 14.0. The van der Waals surface area contributed by atoms with Crippen LogP contribution in [0.4, 0.5) is 10.1 Å². The Morgan fingerprint density at radius 3 is 2.69 bits per heavy atom. The van der Waals surface area contributed by atoms with Crippen molar-refractivity contribution in [2.24, 2.45) is 0 Å². The van der Waals surface area contributed by atoms with Gasteiger partial charge in [0.15, 0.2) is 5.75 Å². The van der Waals surface area contributed by atoms with Gasteiger partial charge in [-0.25, -0.2) is 4.39 Å². The molecule has 1 aliphatic heterocycles. The quantitative estimate of drug-likeness (QED) is 0.559. The lowest BCUT2D eigenvalue weighted by Gasteiger charge is -2.15. The standard InChI is InChI=1S/C22H22FN3O3/c1-2-24-19-16-10-14(9-13-3-5-15(23)6-4-13)11-25-20(16)21(28)18-17(19)12-26(7-8-27)22(18)29/h3-6,10-11,24,27-28H,2,7-9,12H2,1H3. The predicted octanol–water partition coefficient (Wildman–Crippen LogP) is 3.05. The number of aromatic nitrogens is 1. The zero-order valence-electron chi connectivity index (χ0n) is 16.1. The van der Waals surface area contributed by atoms with Crippen LogP contribution in [0, 0.1) is 5.82 Å². The Kier molecular flexibility index (Phi) is 5.07. The maximum Gasteiger partial charge on any atom is 0.258 e. The van der Waals surface area contributed by atoms with Crippen LogP contribution >= 0.6 is 0 Å². The van der Waals surface area contributed by atoms with Crippen LogP contribution in [0.5, 0.6) is 5.75 Å². The highest BCUT2D eigenvalue weighted by atomic mass is 19.1. The molecule has 4 rings (SSSR count). The lowest BCUT2D eigenvalue weighted by Crippen LogP contribution is -2.26. The number of aromatic hydroxyl groups is 1. The summed E-state index contributed by atoms with van der Waals surface area (Å²) in [5, 5.41) is 24.1. The number of halogens is 1. The van der Waals surface area contributed by atoms with E-state index in [0.29, 0.717) is 25.0 Å². The number of pyridine rings is 1. The Labute approximate surface area is 167 Å². The molecule has 0 spiro atoms. The number of nitrogens with one attached hydrogen (secondary N) is 1. The molecule has 0 saturated carbocycles. The minimum absolute atomic E-state index is 0.129. The van der Waals surface area contributed by atoms with E-state index in [1.165, 1.54) is 17.0 Å². The second-order valence-corrected chi connectivity index (χ2v) is 7.10. The molecule has 2 aromatic carbocycles. The van der Waals surface area contributed by atoms with Crippen LogP contribution in [0.25, 0.3) is 10.9 Å². The maximum atomic E-state index is 13.2. The number of fused-ring (bicyclic) bond motifs is 2. The number of β-amino-alcohol motifs (C(OH)–C–C–N with tert-alkyl or cyclic N) is 1. The fourth-order valence-electron chi connectivity index (χ4n) is 3.86. The van der Waals surface area contributed by atoms with Gasteiger partial charge in [0.2, 0.25) is 0 Å². The minimum atomic E-state index is -0.301. The third-order valence-electron chi connectivity index (χ3n) is 5.17. The summed E-state index contributed by atoms with van der Waals surface area (Å²) in [4.78, 5) is 18.7. The summed E-state index contributed by atoms with van der Waals surface area (Å²) >= 11 is 0. The van der Waals surface area contributed by atoms with Gasteiger partial charge in [0, 0.05) is 42.5 Å². The number of nitrogens with zero attached hydrogens (tertiary/aromatic N) is 2. The van der Waals surface area contributed by atoms with E-state index in [1.807, 2.05) is 13.0 Å². The van der Waals surface area contributed by atoms with Crippen LogP contribution in [0.2, 0.25) is 0 Å². The summed E-state index contributed by atoms with van der Waals surface area (Å²) in [5.74, 6) is -0.711. The molecule has 0 atom stereocenters. The van der Waals surface area contributed by atoms with Crippen LogP contribution in [0.1, 0.15) is 34.0 Å². The number of amides is 1. The number of aliphatic hydroxyl groups excluding tert-OH is 1. The van der Waals surface area contributed by atoms with E-state index in [2.05, 4.69) is 10.3 Å². The monoisotopic (exact) mass is 395 g/mol. The van der Waals surface area contributed by atoms with Crippen molar-refractivity contribution in [3.8, 4) is 5.75 Å². The van der Waals surface area contributed by atoms with Crippen molar-refractivity contribution >= 4 is 22.5 Å². The molecule has 3 N–H and O–H groups in total. The van der Waals surface area contributed by atoms with E-state index in [1.54, 1.807) is 18.3 Å². The highest BCUT2D eigenvalue weighted by molar-refractivity contribution is 6.11. The van der Waals surface area contributed by atoms with Crippen LogP contribution in [-0.2, 0) is 13.0 Å². The normalized spacial score (nSPS) is 13.2. The number of hydrogen-bond donors (Lipinski definition) is 3. The Morgan fingerprint density at radius 2 is 2.00 bits per heavy atom. The second kappa shape index (κ2) is 7.67. The maximum absolute atomic E-state index is 13.2. The number of rotatable bonds is 6. The van der Waals surface area contributed by atoms with E-state index < -0.39 is 0 Å². The first-order valence-electron chi connectivity index (χ1n) is 9.58. The molecule has 7 heteroatoms. The molecule has 6 nitrogen and oxygen atoms in total. The van der Waals surface area contributed by atoms with Crippen LogP contribution in [0.3, 0.4) is 0 Å². The summed E-state index contributed by atoms with van der Waals surface area (Å²) < 4.78 is 13.2. The predicted molar refractivity (Wildman–Crippen MR) is 109 cm³/mol. The number of carbonyl (C=O) groups excluding carboxylic acids is 1. The van der Waals surface area contributed by atoms with Gasteiger partial charge in [-0.2, -0.15) is 0 Å². The van der Waals surface area contributed by atoms with Crippen molar-refractivity contribution in [2.75, 3.05) is 25.0 Å². The van der Waals surface area contributed by atoms with Gasteiger partial charge < -0.3 is 20.4 Å². The molecule has 3 aromatic rings. The van der Waals surface area contributed by atoms with Gasteiger partial charge >= 0.3 is 0 Å². The molecule has 2 heterocycles. The highest BCUT2D eigenvalue weighted by Crippen LogP contribution is 2.42. The summed E-state index contributed by atoms with van der Waals surface area (Å²) in [5.41, 5.74) is 3.97. The summed E-state index contributed by atoms with van der Waals surface area (Å²) in [6, 6.07) is 8.26. The van der Waals surface area contributed by atoms with Crippen molar-refractivity contribution in [2.45, 2.75) is 19.9 Å². The van der Waals surface area contributed by atoms with E-state index in [4.69, 9.17) is 0 Å². The van der Waals surface area contributed by atoms with Crippen LogP contribution < -0.4 is 5.32 Å². The molecular formula is C22H22FN3O3. The average molecular weight is 395 g/mol. The smallest absolute Gasteiger partial charge is 0.258 e. The molecule has 0 saturated heterocycles. The van der Waals surface area contributed by atoms with E-state index in [9.17, 15) is 19.4 Å². The van der Waals surface area contributed by atoms with E-state index in [0.717, 1.165) is 27.8 Å². The van der Waals surface area contributed by atoms with Crippen LogP contribution in [-0.4, -0.2) is 45.7 Å². The Bertz CT molecular complexity index is 1080. The molecule has 1 aromatic heterocycles. The second-order valence-electron chi connectivity index (χ2n) is 7.10. The SMILES string of the molecule is CCNc1c2c(c(O)c3ncc(Cc4ccc(F)cc4)cc13)C(=O)N(CCO)C2. The first kappa shape index (κ1) is 19.1. The zero-order chi connectivity index (χ0) is 20.5. The van der Waals surface area contributed by atoms with Gasteiger partial charge in [0.05, 0.1) is 12.2 Å². The van der Waals surface area contributed by atoms with Crippen molar-refractivity contribution in [3.05, 3.63) is 64.6 Å². The van der Waals surface area contributed by atoms with E-state index >= 15 is 0 Å². The number of anilines is 1. The number of phenolic OH excluding ortho intramolecular Hbond substituents is 1. The van der Waals surface area contributed by atoms with Crippen molar-refractivity contribution in [1.82, 2.24) is 9.88 Å².